The molecule has 0 amide bonds. The summed E-state index contributed by atoms with van der Waals surface area (Å²) in [6.45, 7) is 11.0. The maximum Gasteiger partial charge on any atom is 0.525 e. The molecule has 0 bridgehead atoms. The van der Waals surface area contributed by atoms with E-state index in [1.807, 2.05) is 13.8 Å². The Morgan fingerprint density at radius 3 is 2.20 bits per heavy atom. The summed E-state index contributed by atoms with van der Waals surface area (Å²) in [6, 6.07) is 0.827. The van der Waals surface area contributed by atoms with Gasteiger partial charge in [0.1, 0.15) is 5.73 Å². The van der Waals surface area contributed by atoms with Crippen LogP contribution in [0, 0.1) is 5.92 Å². The Kier molecular flexibility index (Phi) is 5.14. The van der Waals surface area contributed by atoms with Crippen LogP contribution in [0.5, 0.6) is 0 Å². The molecule has 0 saturated carbocycles. The first kappa shape index (κ1) is 20.0. The second-order valence-electron chi connectivity index (χ2n) is 7.65. The van der Waals surface area contributed by atoms with E-state index in [4.69, 9.17) is 9.31 Å². The minimum atomic E-state index is -4.59. The number of alkyl halides is 3. The van der Waals surface area contributed by atoms with E-state index in [0.29, 0.717) is 0 Å². The fraction of sp³-hybridized carbons (Fsp3) is 0.688. The zero-order valence-corrected chi connectivity index (χ0v) is 15.2. The molecular weight excluding hydrogens is 339 g/mol. The highest BCUT2D eigenvalue weighted by Gasteiger charge is 2.53. The van der Waals surface area contributed by atoms with Crippen molar-refractivity contribution in [3.05, 3.63) is 23.2 Å². The van der Waals surface area contributed by atoms with Crippen LogP contribution >= 0.6 is 0 Å². The van der Waals surface area contributed by atoms with Gasteiger partial charge < -0.3 is 9.31 Å². The van der Waals surface area contributed by atoms with E-state index in [0.717, 1.165) is 16.8 Å². The van der Waals surface area contributed by atoms with Crippen molar-refractivity contribution in [1.82, 2.24) is 9.78 Å². The molecule has 0 spiro atoms. The van der Waals surface area contributed by atoms with Crippen LogP contribution in [0.2, 0.25) is 0 Å². The molecule has 1 fully saturated rings. The van der Waals surface area contributed by atoms with E-state index in [9.17, 15) is 17.6 Å². The molecule has 140 valence electrons. The molecule has 25 heavy (non-hydrogen) atoms. The van der Waals surface area contributed by atoms with Crippen LogP contribution in [0.1, 0.15) is 52.9 Å². The Balaban J connectivity index is 2.34. The van der Waals surface area contributed by atoms with Gasteiger partial charge in [-0.2, -0.15) is 18.3 Å². The van der Waals surface area contributed by atoms with E-state index < -0.39 is 35.9 Å². The predicted octanol–water partition coefficient (Wildman–Crippen LogP) is 4.50. The van der Waals surface area contributed by atoms with Crippen molar-refractivity contribution < 1.29 is 26.9 Å². The number of hydrogen-bond acceptors (Lipinski definition) is 3. The fourth-order valence-electron chi connectivity index (χ4n) is 2.34. The third-order valence-electron chi connectivity index (χ3n) is 4.40. The highest BCUT2D eigenvalue weighted by molar-refractivity contribution is 6.54. The predicted molar refractivity (Wildman–Crippen MR) is 87.2 cm³/mol. The Morgan fingerprint density at radius 1 is 1.24 bits per heavy atom. The van der Waals surface area contributed by atoms with Gasteiger partial charge in [0.05, 0.1) is 16.9 Å². The summed E-state index contributed by atoms with van der Waals surface area (Å²) >= 11 is 0. The van der Waals surface area contributed by atoms with Gasteiger partial charge in [0.25, 0.3) is 0 Å². The number of hydrogen-bond donors (Lipinski definition) is 0. The average Bonchev–Trinajstić information content (AvgIpc) is 2.88. The quantitative estimate of drug-likeness (QED) is 0.585. The van der Waals surface area contributed by atoms with Crippen molar-refractivity contribution >= 4 is 13.2 Å². The van der Waals surface area contributed by atoms with E-state index >= 15 is 0 Å². The number of aromatic nitrogens is 2. The minimum Gasteiger partial charge on any atom is -0.398 e. The Morgan fingerprint density at radius 2 is 1.76 bits per heavy atom. The molecule has 1 saturated heterocycles. The molecule has 1 aliphatic rings. The van der Waals surface area contributed by atoms with Gasteiger partial charge in [0.2, 0.25) is 0 Å². The van der Waals surface area contributed by atoms with Gasteiger partial charge in [-0.25, -0.2) is 4.39 Å². The minimum absolute atomic E-state index is 0.0215. The summed E-state index contributed by atoms with van der Waals surface area (Å²) in [5, 5.41) is 3.56. The molecule has 0 atom stereocenters. The number of halogens is 4. The van der Waals surface area contributed by atoms with Crippen molar-refractivity contribution in [3.8, 4) is 0 Å². The van der Waals surface area contributed by atoms with Crippen LogP contribution in [0.15, 0.2) is 11.8 Å². The summed E-state index contributed by atoms with van der Waals surface area (Å²) in [5.74, 6) is 0.0491. The molecule has 0 aromatic carbocycles. The van der Waals surface area contributed by atoms with E-state index in [1.165, 1.54) is 0 Å². The first-order valence-corrected chi connectivity index (χ1v) is 8.11. The molecule has 9 heteroatoms. The van der Waals surface area contributed by atoms with Gasteiger partial charge in [0.15, 0.2) is 5.69 Å². The van der Waals surface area contributed by atoms with E-state index in [1.54, 1.807) is 27.7 Å². The van der Waals surface area contributed by atoms with Crippen molar-refractivity contribution in [2.45, 2.75) is 65.5 Å². The monoisotopic (exact) mass is 362 g/mol. The maximum absolute atomic E-state index is 14.6. The number of nitrogens with zero attached hydrogens (tertiary/aromatic N) is 2. The molecular formula is C16H23BF4N2O2. The van der Waals surface area contributed by atoms with Gasteiger partial charge >= 0.3 is 13.3 Å². The normalized spacial score (nSPS) is 20.6. The lowest BCUT2D eigenvalue weighted by Crippen LogP contribution is -2.41. The molecule has 0 radical (unpaired) electrons. The first-order valence-electron chi connectivity index (χ1n) is 8.11. The molecule has 0 unspecified atom stereocenters. The average molecular weight is 362 g/mol. The van der Waals surface area contributed by atoms with E-state index in [2.05, 4.69) is 5.10 Å². The van der Waals surface area contributed by atoms with Crippen molar-refractivity contribution in [1.29, 1.82) is 0 Å². The fourth-order valence-corrected chi connectivity index (χ4v) is 2.34. The van der Waals surface area contributed by atoms with E-state index in [-0.39, 0.29) is 18.2 Å². The maximum atomic E-state index is 14.6. The van der Waals surface area contributed by atoms with Crippen LogP contribution in [-0.4, -0.2) is 28.1 Å². The van der Waals surface area contributed by atoms with Crippen molar-refractivity contribution in [2.75, 3.05) is 0 Å². The summed E-state index contributed by atoms with van der Waals surface area (Å²) in [5.41, 5.74) is -3.30. The summed E-state index contributed by atoms with van der Waals surface area (Å²) in [7, 11) is -1.26. The first-order chi connectivity index (χ1) is 11.2. The number of rotatable bonds is 4. The second kappa shape index (κ2) is 6.43. The van der Waals surface area contributed by atoms with Gasteiger partial charge in [0, 0.05) is 6.54 Å². The van der Waals surface area contributed by atoms with Gasteiger partial charge in [-0.3, -0.25) is 4.68 Å². The Labute approximate surface area is 145 Å². The summed E-state index contributed by atoms with van der Waals surface area (Å²) in [6.07, 6.45) is -3.60. The summed E-state index contributed by atoms with van der Waals surface area (Å²) < 4.78 is 65.7. The SMILES string of the molecule is CC(C)Cn1nc(C(F)(F)F)cc1C=C(F)B1OC(C)(C)C(C)(C)O1. The van der Waals surface area contributed by atoms with Crippen LogP contribution < -0.4 is 0 Å². The molecule has 2 heterocycles. The molecule has 1 aromatic heterocycles. The molecule has 1 aliphatic heterocycles. The third kappa shape index (κ3) is 4.26. The largest absolute Gasteiger partial charge is 0.525 e. The van der Waals surface area contributed by atoms with Crippen LogP contribution in [0.4, 0.5) is 17.6 Å². The third-order valence-corrected chi connectivity index (χ3v) is 4.40. The molecule has 0 N–H and O–H groups in total. The lowest BCUT2D eigenvalue weighted by atomic mass is 9.87. The van der Waals surface area contributed by atoms with Gasteiger partial charge in [-0.15, -0.1) is 0 Å². The zero-order chi connectivity index (χ0) is 19.2. The van der Waals surface area contributed by atoms with Crippen molar-refractivity contribution in [3.63, 3.8) is 0 Å². The molecule has 4 nitrogen and oxygen atoms in total. The molecule has 1 aromatic rings. The summed E-state index contributed by atoms with van der Waals surface area (Å²) in [4.78, 5) is 0. The lowest BCUT2D eigenvalue weighted by Gasteiger charge is -2.32. The standard InChI is InChI=1S/C16H23BF4N2O2/c1-10(2)9-23-11(7-12(22-23)16(19,20)21)8-13(18)17-24-14(3,4)15(5,6)25-17/h7-8,10H,9H2,1-6H3. The smallest absolute Gasteiger partial charge is 0.398 e. The highest BCUT2D eigenvalue weighted by atomic mass is 19.4. The lowest BCUT2D eigenvalue weighted by molar-refractivity contribution is -0.141. The second-order valence-corrected chi connectivity index (χ2v) is 7.65. The Bertz CT molecular complexity index is 650. The molecule has 0 aliphatic carbocycles. The van der Waals surface area contributed by atoms with Gasteiger partial charge in [-0.05, 0) is 45.8 Å². The van der Waals surface area contributed by atoms with Crippen LogP contribution in [0.25, 0.3) is 6.08 Å². The molecule has 2 rings (SSSR count). The highest BCUT2D eigenvalue weighted by Crippen LogP contribution is 2.39. The topological polar surface area (TPSA) is 36.3 Å². The van der Waals surface area contributed by atoms with Crippen LogP contribution in [0.3, 0.4) is 0 Å². The van der Waals surface area contributed by atoms with Crippen LogP contribution in [-0.2, 0) is 22.0 Å². The zero-order valence-electron chi connectivity index (χ0n) is 15.2. The van der Waals surface area contributed by atoms with Gasteiger partial charge in [-0.1, -0.05) is 13.8 Å². The van der Waals surface area contributed by atoms with Crippen molar-refractivity contribution in [2.24, 2.45) is 5.92 Å². The Hall–Kier alpha value is -1.35.